The van der Waals surface area contributed by atoms with Crippen LogP contribution in [0.15, 0.2) is 48.7 Å². The summed E-state index contributed by atoms with van der Waals surface area (Å²) in [5, 5.41) is 3.41. The molecule has 6 heteroatoms. The highest BCUT2D eigenvalue weighted by Crippen LogP contribution is 2.20. The molecule has 1 N–H and O–H groups in total. The molecule has 1 amide bonds. The van der Waals surface area contributed by atoms with Gasteiger partial charge in [0.05, 0.1) is 19.3 Å². The monoisotopic (exact) mass is 369 g/mol. The van der Waals surface area contributed by atoms with Crippen molar-refractivity contribution in [3.63, 3.8) is 0 Å². The summed E-state index contributed by atoms with van der Waals surface area (Å²) in [6.07, 6.45) is 4.76. The van der Waals surface area contributed by atoms with Gasteiger partial charge in [-0.2, -0.15) is 0 Å². The van der Waals surface area contributed by atoms with E-state index in [4.69, 9.17) is 9.47 Å². The Hall–Kier alpha value is -2.60. The number of rotatable bonds is 7. The molecule has 0 bridgehead atoms. The molecule has 1 unspecified atom stereocenters. The van der Waals surface area contributed by atoms with Crippen molar-refractivity contribution in [1.82, 2.24) is 15.2 Å². The third-order valence-electron chi connectivity index (χ3n) is 4.77. The summed E-state index contributed by atoms with van der Waals surface area (Å²) >= 11 is 0. The van der Waals surface area contributed by atoms with Crippen molar-refractivity contribution in [2.24, 2.45) is 0 Å². The molecule has 1 aliphatic rings. The van der Waals surface area contributed by atoms with Gasteiger partial charge in [0.1, 0.15) is 11.5 Å². The highest BCUT2D eigenvalue weighted by Gasteiger charge is 2.25. The van der Waals surface area contributed by atoms with Crippen LogP contribution in [0.1, 0.15) is 25.0 Å². The first-order chi connectivity index (χ1) is 13.3. The Morgan fingerprint density at radius 1 is 1.19 bits per heavy atom. The molecule has 0 radical (unpaired) electrons. The van der Waals surface area contributed by atoms with Crippen LogP contribution in [-0.2, 0) is 11.3 Å². The van der Waals surface area contributed by atoms with E-state index in [9.17, 15) is 4.79 Å². The maximum Gasteiger partial charge on any atom is 0.261 e. The number of benzene rings is 1. The number of ether oxygens (including phenoxy) is 2. The topological polar surface area (TPSA) is 63.7 Å². The fraction of sp³-hybridized carbons (Fsp3) is 0.429. The molecule has 2 heterocycles. The largest absolute Gasteiger partial charge is 0.497 e. The van der Waals surface area contributed by atoms with Gasteiger partial charge in [0.2, 0.25) is 0 Å². The number of amides is 1. The van der Waals surface area contributed by atoms with E-state index in [1.165, 1.54) is 0 Å². The molecule has 2 aromatic rings. The molecule has 0 saturated carbocycles. The quantitative estimate of drug-likeness (QED) is 0.813. The van der Waals surface area contributed by atoms with Crippen molar-refractivity contribution >= 4 is 5.91 Å². The fourth-order valence-electron chi connectivity index (χ4n) is 3.32. The first-order valence-corrected chi connectivity index (χ1v) is 9.43. The minimum absolute atomic E-state index is 0.00390. The maximum atomic E-state index is 13.0. The molecule has 6 nitrogen and oxygen atoms in total. The first kappa shape index (κ1) is 19.2. The molecule has 1 aliphatic heterocycles. The smallest absolute Gasteiger partial charge is 0.261 e. The Bertz CT molecular complexity index is 716. The molecule has 1 fully saturated rings. The lowest BCUT2D eigenvalue weighted by molar-refractivity contribution is -0.136. The summed E-state index contributed by atoms with van der Waals surface area (Å²) in [5.74, 6) is 1.32. The summed E-state index contributed by atoms with van der Waals surface area (Å²) in [6, 6.07) is 13.3. The SMILES string of the molecule is COc1cccc(OCC(=O)N(Cc2ccccn2)C2CCCNCC2)c1. The zero-order chi connectivity index (χ0) is 18.9. The van der Waals surface area contributed by atoms with Gasteiger partial charge in [-0.15, -0.1) is 0 Å². The van der Waals surface area contributed by atoms with Gasteiger partial charge < -0.3 is 19.7 Å². The van der Waals surface area contributed by atoms with Crippen LogP contribution in [0.4, 0.5) is 0 Å². The van der Waals surface area contributed by atoms with Crippen molar-refractivity contribution in [1.29, 1.82) is 0 Å². The van der Waals surface area contributed by atoms with Crippen molar-refractivity contribution in [3.05, 3.63) is 54.4 Å². The molecule has 144 valence electrons. The minimum Gasteiger partial charge on any atom is -0.497 e. The lowest BCUT2D eigenvalue weighted by Crippen LogP contribution is -2.43. The molecule has 1 saturated heterocycles. The molecule has 0 aliphatic carbocycles. The normalized spacial score (nSPS) is 17.0. The Labute approximate surface area is 160 Å². The summed E-state index contributed by atoms with van der Waals surface area (Å²) in [7, 11) is 1.61. The summed E-state index contributed by atoms with van der Waals surface area (Å²) < 4.78 is 11.0. The second-order valence-electron chi connectivity index (χ2n) is 6.65. The number of hydrogen-bond acceptors (Lipinski definition) is 5. The second kappa shape index (κ2) is 9.92. The van der Waals surface area contributed by atoms with Crippen LogP contribution in [0.2, 0.25) is 0 Å². The number of nitrogens with zero attached hydrogens (tertiary/aromatic N) is 2. The average Bonchev–Trinajstić information content (AvgIpc) is 3.00. The highest BCUT2D eigenvalue weighted by atomic mass is 16.5. The van der Waals surface area contributed by atoms with Gasteiger partial charge in [-0.25, -0.2) is 0 Å². The third-order valence-corrected chi connectivity index (χ3v) is 4.77. The number of methoxy groups -OCH3 is 1. The van der Waals surface area contributed by atoms with Crippen molar-refractivity contribution in [3.8, 4) is 11.5 Å². The van der Waals surface area contributed by atoms with E-state index in [0.717, 1.165) is 38.0 Å². The first-order valence-electron chi connectivity index (χ1n) is 9.43. The van der Waals surface area contributed by atoms with Crippen molar-refractivity contribution < 1.29 is 14.3 Å². The maximum absolute atomic E-state index is 13.0. The van der Waals surface area contributed by atoms with Gasteiger partial charge in [0.15, 0.2) is 6.61 Å². The van der Waals surface area contributed by atoms with Crippen LogP contribution in [0, 0.1) is 0 Å². The van der Waals surface area contributed by atoms with Gasteiger partial charge in [-0.1, -0.05) is 12.1 Å². The molecule has 1 atom stereocenters. The Balaban J connectivity index is 1.69. The van der Waals surface area contributed by atoms with Gasteiger partial charge in [0.25, 0.3) is 5.91 Å². The molecule has 1 aromatic heterocycles. The molecular formula is C21H27N3O3. The van der Waals surface area contributed by atoms with Crippen LogP contribution >= 0.6 is 0 Å². The number of carbonyl (C=O) groups is 1. The molecule has 3 rings (SSSR count). The van der Waals surface area contributed by atoms with Gasteiger partial charge in [-0.3, -0.25) is 9.78 Å². The van der Waals surface area contributed by atoms with Crippen LogP contribution in [-0.4, -0.2) is 48.6 Å². The molecule has 1 aromatic carbocycles. The van der Waals surface area contributed by atoms with Crippen molar-refractivity contribution in [2.45, 2.75) is 31.8 Å². The van der Waals surface area contributed by atoms with Crippen LogP contribution in [0.3, 0.4) is 0 Å². The van der Waals surface area contributed by atoms with Crippen LogP contribution < -0.4 is 14.8 Å². The number of aromatic nitrogens is 1. The zero-order valence-electron chi connectivity index (χ0n) is 15.8. The van der Waals surface area contributed by atoms with Crippen LogP contribution in [0.25, 0.3) is 0 Å². The Kier molecular flexibility index (Phi) is 7.04. The van der Waals surface area contributed by atoms with E-state index in [1.807, 2.05) is 41.3 Å². The molecule has 27 heavy (non-hydrogen) atoms. The lowest BCUT2D eigenvalue weighted by Gasteiger charge is -2.31. The van der Waals surface area contributed by atoms with Gasteiger partial charge >= 0.3 is 0 Å². The van der Waals surface area contributed by atoms with Crippen LogP contribution in [0.5, 0.6) is 11.5 Å². The van der Waals surface area contributed by atoms with Crippen molar-refractivity contribution in [2.75, 3.05) is 26.8 Å². The Morgan fingerprint density at radius 2 is 2.07 bits per heavy atom. The van der Waals surface area contributed by atoms with E-state index in [2.05, 4.69) is 10.3 Å². The van der Waals surface area contributed by atoms with E-state index >= 15 is 0 Å². The average molecular weight is 369 g/mol. The number of nitrogens with one attached hydrogen (secondary N) is 1. The summed E-state index contributed by atoms with van der Waals surface area (Å²) in [4.78, 5) is 19.3. The van der Waals surface area contributed by atoms with E-state index < -0.39 is 0 Å². The summed E-state index contributed by atoms with van der Waals surface area (Å²) in [5.41, 5.74) is 0.893. The van der Waals surface area contributed by atoms with E-state index in [1.54, 1.807) is 19.4 Å². The second-order valence-corrected chi connectivity index (χ2v) is 6.65. The van der Waals surface area contributed by atoms with E-state index in [-0.39, 0.29) is 18.6 Å². The molecule has 0 spiro atoms. The zero-order valence-corrected chi connectivity index (χ0v) is 15.8. The minimum atomic E-state index is -0.0182. The predicted octanol–water partition coefficient (Wildman–Crippen LogP) is 2.64. The fourth-order valence-corrected chi connectivity index (χ4v) is 3.32. The van der Waals surface area contributed by atoms with Gasteiger partial charge in [-0.05, 0) is 56.6 Å². The standard InChI is InChI=1S/C21H27N3O3/c1-26-19-8-4-9-20(14-19)27-16-21(25)24(15-17-6-2-3-12-23-17)18-7-5-11-22-13-10-18/h2-4,6,8-9,12,14,18,22H,5,7,10-11,13,15-16H2,1H3. The van der Waals surface area contributed by atoms with E-state index in [0.29, 0.717) is 18.0 Å². The summed E-state index contributed by atoms with van der Waals surface area (Å²) in [6.45, 7) is 2.44. The third kappa shape index (κ3) is 5.69. The molecular weight excluding hydrogens is 342 g/mol. The van der Waals surface area contributed by atoms with Gasteiger partial charge in [0, 0.05) is 18.3 Å². The number of pyridine rings is 1. The Morgan fingerprint density at radius 3 is 2.89 bits per heavy atom. The predicted molar refractivity (Wildman–Crippen MR) is 104 cm³/mol. The lowest BCUT2D eigenvalue weighted by atomic mass is 10.1. The highest BCUT2D eigenvalue weighted by molar-refractivity contribution is 5.78. The number of hydrogen-bond donors (Lipinski definition) is 1. The number of carbonyl (C=O) groups excluding carboxylic acids is 1.